The molecule has 218 valence electrons. The number of hydrogen-bond acceptors (Lipinski definition) is 6. The lowest BCUT2D eigenvalue weighted by Gasteiger charge is -2.41. The predicted molar refractivity (Wildman–Crippen MR) is 176 cm³/mol. The number of carbonyl (C=O) groups excluding carboxylic acids is 2. The zero-order valence-electron chi connectivity index (χ0n) is 26.1. The molecule has 0 saturated carbocycles. The highest BCUT2D eigenvalue weighted by Gasteiger charge is 2.49. The average Bonchev–Trinajstić information content (AvgIpc) is 3.60. The third kappa shape index (κ3) is 4.44. The van der Waals surface area contributed by atoms with Gasteiger partial charge in [0.05, 0.1) is 41.6 Å². The molecule has 2 amide bonds. The first-order valence-electron chi connectivity index (χ1n) is 14.7. The van der Waals surface area contributed by atoms with Crippen molar-refractivity contribution in [1.29, 1.82) is 0 Å². The Morgan fingerprint density at radius 1 is 0.550 bits per heavy atom. The van der Waals surface area contributed by atoms with Gasteiger partial charge in [0.1, 0.15) is 16.1 Å². The number of carbonyl (C=O) groups is 2. The topological polar surface area (TPSA) is 84.0 Å². The van der Waals surface area contributed by atoms with Gasteiger partial charge in [-0.3, -0.25) is 19.6 Å². The molecule has 10 heteroatoms. The maximum absolute atomic E-state index is 13.4. The minimum absolute atomic E-state index is 0.233. The Morgan fingerprint density at radius 3 is 1.07 bits per heavy atom. The van der Waals surface area contributed by atoms with E-state index < -0.39 is 16.1 Å². The fraction of sp³-hybridized carbons (Fsp3) is 0.600. The standard InChI is InChI=1S/C30H46N4O2S2Si2/c1-15(2)39(16(3)4,17(5)6)29-31-13-21(37-29)25-23-24(28(36)33-25)26(34-27(23)35)22-14-32-30(38-22)40(18(7)8,19(9)10)20(11)12/h13-20H,1-12H3,(H,33,36)(H,34,35). The number of nitrogens with zero attached hydrogens (tertiary/aromatic N) is 2. The molecule has 6 nitrogen and oxygen atoms in total. The molecule has 0 unspecified atom stereocenters. The quantitative estimate of drug-likeness (QED) is 0.290. The van der Waals surface area contributed by atoms with E-state index >= 15 is 0 Å². The monoisotopic (exact) mass is 614 g/mol. The number of amides is 2. The lowest BCUT2D eigenvalue weighted by atomic mass is 10.1. The molecule has 4 rings (SSSR count). The van der Waals surface area contributed by atoms with Crippen molar-refractivity contribution in [2.75, 3.05) is 0 Å². The Morgan fingerprint density at radius 2 is 0.825 bits per heavy atom. The van der Waals surface area contributed by atoms with Crippen LogP contribution in [0.1, 0.15) is 92.8 Å². The lowest BCUT2D eigenvalue weighted by Crippen LogP contribution is -2.55. The third-order valence-corrected chi connectivity index (χ3v) is 27.3. The van der Waals surface area contributed by atoms with Crippen molar-refractivity contribution in [3.63, 3.8) is 0 Å². The van der Waals surface area contributed by atoms with E-state index in [4.69, 9.17) is 9.97 Å². The molecule has 0 aromatic carbocycles. The molecule has 0 radical (unpaired) electrons. The second-order valence-electron chi connectivity index (χ2n) is 13.3. The fourth-order valence-corrected chi connectivity index (χ4v) is 27.4. The van der Waals surface area contributed by atoms with Gasteiger partial charge in [-0.1, -0.05) is 83.1 Å². The summed E-state index contributed by atoms with van der Waals surface area (Å²) in [5.41, 5.74) is 5.22. The van der Waals surface area contributed by atoms with Gasteiger partial charge in [0.2, 0.25) is 0 Å². The second kappa shape index (κ2) is 11.1. The zero-order chi connectivity index (χ0) is 29.9. The highest BCUT2D eigenvalue weighted by atomic mass is 32.1. The number of thiazole rings is 2. The van der Waals surface area contributed by atoms with Crippen molar-refractivity contribution in [2.45, 2.75) is 116 Å². The number of hydrogen-bond donors (Lipinski definition) is 2. The molecule has 4 heterocycles. The SMILES string of the molecule is CC(C)[Si](c1ncc(C2=C3C(=O)NC(c4cnc([Si](C(C)C)(C(C)C)C(C)C)s4)=C3C(=O)N2)s1)(C(C)C)C(C)C. The van der Waals surface area contributed by atoms with Crippen molar-refractivity contribution in [3.8, 4) is 0 Å². The summed E-state index contributed by atoms with van der Waals surface area (Å²) in [5.74, 6) is -0.466. The van der Waals surface area contributed by atoms with Crippen LogP contribution in [0.3, 0.4) is 0 Å². The summed E-state index contributed by atoms with van der Waals surface area (Å²) < 4.78 is 2.40. The van der Waals surface area contributed by atoms with Crippen molar-refractivity contribution in [1.82, 2.24) is 20.6 Å². The Hall–Kier alpha value is -1.89. The van der Waals surface area contributed by atoms with Crippen molar-refractivity contribution in [2.24, 2.45) is 0 Å². The smallest absolute Gasteiger partial charge is 0.258 e. The summed E-state index contributed by atoms with van der Waals surface area (Å²) in [7, 11) is -3.91. The van der Waals surface area contributed by atoms with Gasteiger partial charge >= 0.3 is 0 Å². The van der Waals surface area contributed by atoms with Crippen LogP contribution >= 0.6 is 22.7 Å². The maximum atomic E-state index is 13.4. The highest BCUT2D eigenvalue weighted by molar-refractivity contribution is 7.28. The van der Waals surface area contributed by atoms with Crippen molar-refractivity contribution in [3.05, 3.63) is 33.3 Å². The fourth-order valence-electron chi connectivity index (χ4n) is 8.21. The average molecular weight is 615 g/mol. The van der Waals surface area contributed by atoms with E-state index in [0.717, 1.165) is 9.75 Å². The Kier molecular flexibility index (Phi) is 8.60. The summed E-state index contributed by atoms with van der Waals surface area (Å²) in [4.78, 5) is 38.5. The Balaban J connectivity index is 1.82. The van der Waals surface area contributed by atoms with Crippen LogP contribution in [0.2, 0.25) is 33.2 Å². The summed E-state index contributed by atoms with van der Waals surface area (Å²) in [6, 6.07) is 0. The molecule has 0 bridgehead atoms. The first kappa shape index (κ1) is 31.1. The number of fused-ring (bicyclic) bond motifs is 1. The van der Waals surface area contributed by atoms with E-state index in [2.05, 4.69) is 93.7 Å². The summed E-state index contributed by atoms with van der Waals surface area (Å²) in [6.45, 7) is 27.9. The first-order valence-corrected chi connectivity index (χ1v) is 20.8. The zero-order valence-corrected chi connectivity index (χ0v) is 29.8. The maximum Gasteiger partial charge on any atom is 0.258 e. The van der Waals surface area contributed by atoms with Crippen LogP contribution in [0.4, 0.5) is 0 Å². The van der Waals surface area contributed by atoms with Gasteiger partial charge in [0.25, 0.3) is 11.8 Å². The Bertz CT molecular complexity index is 1230. The van der Waals surface area contributed by atoms with Gasteiger partial charge in [-0.05, 0) is 33.2 Å². The lowest BCUT2D eigenvalue weighted by molar-refractivity contribution is -0.117. The summed E-state index contributed by atoms with van der Waals surface area (Å²) >= 11 is 3.32. The van der Waals surface area contributed by atoms with Gasteiger partial charge in [0.15, 0.2) is 0 Å². The van der Waals surface area contributed by atoms with Gasteiger partial charge in [-0.25, -0.2) is 0 Å². The molecule has 0 spiro atoms. The van der Waals surface area contributed by atoms with E-state index in [1.165, 1.54) is 9.26 Å². The van der Waals surface area contributed by atoms with Crippen LogP contribution in [-0.2, 0) is 9.59 Å². The van der Waals surface area contributed by atoms with Gasteiger partial charge in [0, 0.05) is 12.4 Å². The van der Waals surface area contributed by atoms with Crippen LogP contribution in [0, 0.1) is 0 Å². The molecule has 2 N–H and O–H groups in total. The molecule has 0 saturated heterocycles. The predicted octanol–water partition coefficient (Wildman–Crippen LogP) is 6.75. The number of aromatic nitrogens is 2. The second-order valence-corrected chi connectivity index (χ2v) is 27.7. The minimum Gasteiger partial charge on any atom is -0.320 e. The molecule has 2 aromatic rings. The number of nitrogens with one attached hydrogen (secondary N) is 2. The van der Waals surface area contributed by atoms with Crippen LogP contribution in [0.25, 0.3) is 11.4 Å². The van der Waals surface area contributed by atoms with E-state index in [0.29, 0.717) is 55.8 Å². The third-order valence-electron chi connectivity index (χ3n) is 9.66. The van der Waals surface area contributed by atoms with E-state index in [-0.39, 0.29) is 11.8 Å². The highest BCUT2D eigenvalue weighted by Crippen LogP contribution is 2.45. The van der Waals surface area contributed by atoms with Crippen LogP contribution in [-0.4, -0.2) is 37.9 Å². The van der Waals surface area contributed by atoms with Gasteiger partial charge in [-0.15, -0.1) is 22.7 Å². The molecule has 0 fully saturated rings. The van der Waals surface area contributed by atoms with Crippen LogP contribution < -0.4 is 19.9 Å². The van der Waals surface area contributed by atoms with E-state index in [1.54, 1.807) is 22.7 Å². The van der Waals surface area contributed by atoms with Crippen LogP contribution in [0.5, 0.6) is 0 Å². The molecular formula is C30H46N4O2S2Si2. The molecule has 2 aliphatic heterocycles. The van der Waals surface area contributed by atoms with E-state index in [9.17, 15) is 9.59 Å². The first-order chi connectivity index (χ1) is 18.6. The van der Waals surface area contributed by atoms with Crippen molar-refractivity contribution < 1.29 is 9.59 Å². The molecule has 2 aliphatic rings. The normalized spacial score (nSPS) is 16.6. The van der Waals surface area contributed by atoms with E-state index in [1.807, 2.05) is 12.4 Å². The molecular weight excluding hydrogens is 569 g/mol. The molecule has 0 atom stereocenters. The van der Waals surface area contributed by atoms with Gasteiger partial charge in [-0.2, -0.15) is 0 Å². The largest absolute Gasteiger partial charge is 0.320 e. The Labute approximate surface area is 250 Å². The summed E-state index contributed by atoms with van der Waals surface area (Å²) in [5, 5.41) is 6.09. The van der Waals surface area contributed by atoms with Crippen LogP contribution in [0.15, 0.2) is 23.5 Å². The number of rotatable bonds is 10. The van der Waals surface area contributed by atoms with Gasteiger partial charge < -0.3 is 10.6 Å². The molecule has 0 aliphatic carbocycles. The minimum atomic E-state index is -1.95. The van der Waals surface area contributed by atoms with Crippen molar-refractivity contribution >= 4 is 71.3 Å². The molecule has 40 heavy (non-hydrogen) atoms. The molecule has 2 aromatic heterocycles. The summed E-state index contributed by atoms with van der Waals surface area (Å²) in [6.07, 6.45) is 3.73.